The van der Waals surface area contributed by atoms with Gasteiger partial charge in [0.2, 0.25) is 0 Å². The summed E-state index contributed by atoms with van der Waals surface area (Å²) in [5, 5.41) is 10.2. The molecule has 23 heavy (non-hydrogen) atoms. The molecule has 0 aliphatic carbocycles. The first-order valence-electron chi connectivity index (χ1n) is 7.30. The van der Waals surface area contributed by atoms with Gasteiger partial charge in [0.1, 0.15) is 5.75 Å². The highest BCUT2D eigenvalue weighted by atomic mass is 16.5. The summed E-state index contributed by atoms with van der Waals surface area (Å²) in [6.45, 7) is 3.89. The third kappa shape index (κ3) is 2.63. The zero-order valence-electron chi connectivity index (χ0n) is 13.3. The number of rotatable bonds is 3. The molecular formula is C19H17NO3. The van der Waals surface area contributed by atoms with Crippen LogP contribution in [0.5, 0.6) is 5.75 Å². The number of benzene rings is 2. The lowest BCUT2D eigenvalue weighted by molar-refractivity contribution is 0.0699. The molecule has 0 atom stereocenters. The molecule has 3 rings (SSSR count). The van der Waals surface area contributed by atoms with E-state index in [1.54, 1.807) is 19.2 Å². The van der Waals surface area contributed by atoms with Crippen LogP contribution in [0.1, 0.15) is 21.5 Å². The number of para-hydroxylation sites is 1. The maximum Gasteiger partial charge on any atom is 0.336 e. The molecule has 0 spiro atoms. The maximum atomic E-state index is 11.6. The molecule has 116 valence electrons. The van der Waals surface area contributed by atoms with Crippen molar-refractivity contribution in [3.05, 3.63) is 59.2 Å². The van der Waals surface area contributed by atoms with Crippen LogP contribution in [0.25, 0.3) is 22.2 Å². The number of fused-ring (bicyclic) bond motifs is 1. The Morgan fingerprint density at radius 1 is 1.09 bits per heavy atom. The van der Waals surface area contributed by atoms with E-state index < -0.39 is 5.97 Å². The van der Waals surface area contributed by atoms with Gasteiger partial charge in [-0.15, -0.1) is 0 Å². The average molecular weight is 307 g/mol. The third-order valence-electron chi connectivity index (χ3n) is 3.96. The summed E-state index contributed by atoms with van der Waals surface area (Å²) in [7, 11) is 1.63. The number of carboxylic acid groups (broad SMARTS) is 1. The van der Waals surface area contributed by atoms with Crippen molar-refractivity contribution in [1.82, 2.24) is 4.98 Å². The van der Waals surface area contributed by atoms with Crippen molar-refractivity contribution >= 4 is 16.9 Å². The molecule has 1 aromatic heterocycles. The Morgan fingerprint density at radius 3 is 2.52 bits per heavy atom. The second kappa shape index (κ2) is 5.72. The molecule has 0 radical (unpaired) electrons. The van der Waals surface area contributed by atoms with Crippen LogP contribution in [-0.2, 0) is 0 Å². The number of nitrogens with zero attached hydrogens (tertiary/aromatic N) is 1. The number of methoxy groups -OCH3 is 1. The van der Waals surface area contributed by atoms with Crippen molar-refractivity contribution in [3.8, 4) is 17.0 Å². The molecule has 3 aromatic rings. The lowest BCUT2D eigenvalue weighted by Gasteiger charge is -2.11. The van der Waals surface area contributed by atoms with Crippen LogP contribution in [0.3, 0.4) is 0 Å². The van der Waals surface area contributed by atoms with Crippen molar-refractivity contribution in [2.45, 2.75) is 13.8 Å². The maximum absolute atomic E-state index is 11.6. The highest BCUT2D eigenvalue weighted by Crippen LogP contribution is 2.29. The zero-order valence-corrected chi connectivity index (χ0v) is 13.3. The van der Waals surface area contributed by atoms with Crippen molar-refractivity contribution in [3.63, 3.8) is 0 Å². The largest absolute Gasteiger partial charge is 0.496 e. The summed E-state index contributed by atoms with van der Waals surface area (Å²) in [6, 6.07) is 12.9. The summed E-state index contributed by atoms with van der Waals surface area (Å²) in [4.78, 5) is 16.3. The molecule has 0 saturated carbocycles. The molecular weight excluding hydrogens is 290 g/mol. The van der Waals surface area contributed by atoms with Gasteiger partial charge in [-0.2, -0.15) is 0 Å². The molecule has 0 saturated heterocycles. The van der Waals surface area contributed by atoms with Gasteiger partial charge in [0.25, 0.3) is 0 Å². The summed E-state index contributed by atoms with van der Waals surface area (Å²) in [5.41, 5.74) is 4.44. The number of aromatic carboxylic acids is 1. The standard InChI is InChI=1S/C19H17NO3/c1-11-5-4-6-14-15(19(21)22)10-16(20-18(11)14)13-7-8-17(23-3)12(2)9-13/h4-10H,1-3H3,(H,21,22). The summed E-state index contributed by atoms with van der Waals surface area (Å²) in [6.07, 6.45) is 0. The molecule has 0 unspecified atom stereocenters. The second-order valence-corrected chi connectivity index (χ2v) is 5.52. The Labute approximate surface area is 134 Å². The summed E-state index contributed by atoms with van der Waals surface area (Å²) < 4.78 is 5.27. The van der Waals surface area contributed by atoms with Crippen LogP contribution in [0.15, 0.2) is 42.5 Å². The van der Waals surface area contributed by atoms with Gasteiger partial charge in [0, 0.05) is 10.9 Å². The molecule has 1 N–H and O–H groups in total. The second-order valence-electron chi connectivity index (χ2n) is 5.52. The molecule has 1 heterocycles. The van der Waals surface area contributed by atoms with E-state index in [-0.39, 0.29) is 5.56 Å². The van der Waals surface area contributed by atoms with Crippen LogP contribution in [0.4, 0.5) is 0 Å². The highest BCUT2D eigenvalue weighted by Gasteiger charge is 2.14. The lowest BCUT2D eigenvalue weighted by Crippen LogP contribution is -2.01. The molecule has 4 nitrogen and oxygen atoms in total. The summed E-state index contributed by atoms with van der Waals surface area (Å²) in [5.74, 6) is -0.154. The number of aromatic nitrogens is 1. The topological polar surface area (TPSA) is 59.4 Å². The first-order chi connectivity index (χ1) is 11.0. The number of ether oxygens (including phenoxy) is 1. The molecule has 0 bridgehead atoms. The van der Waals surface area contributed by atoms with Crippen molar-refractivity contribution < 1.29 is 14.6 Å². The predicted octanol–water partition coefficient (Wildman–Crippen LogP) is 4.23. The van der Waals surface area contributed by atoms with Crippen molar-refractivity contribution in [1.29, 1.82) is 0 Å². The molecule has 0 amide bonds. The van der Waals surface area contributed by atoms with E-state index in [4.69, 9.17) is 4.74 Å². The normalized spacial score (nSPS) is 10.7. The molecule has 2 aromatic carbocycles. The van der Waals surface area contributed by atoms with E-state index >= 15 is 0 Å². The van der Waals surface area contributed by atoms with Gasteiger partial charge in [-0.25, -0.2) is 9.78 Å². The molecule has 0 aliphatic heterocycles. The zero-order chi connectivity index (χ0) is 16.6. The third-order valence-corrected chi connectivity index (χ3v) is 3.96. The van der Waals surface area contributed by atoms with E-state index in [2.05, 4.69) is 4.98 Å². The minimum Gasteiger partial charge on any atom is -0.496 e. The Morgan fingerprint density at radius 2 is 1.87 bits per heavy atom. The van der Waals surface area contributed by atoms with Gasteiger partial charge < -0.3 is 9.84 Å². The van der Waals surface area contributed by atoms with Gasteiger partial charge in [0.15, 0.2) is 0 Å². The molecule has 0 aliphatic rings. The fourth-order valence-electron chi connectivity index (χ4n) is 2.75. The van der Waals surface area contributed by atoms with E-state index in [1.807, 2.05) is 44.2 Å². The number of carbonyl (C=O) groups is 1. The van der Waals surface area contributed by atoms with Crippen LogP contribution in [0, 0.1) is 13.8 Å². The molecule has 0 fully saturated rings. The number of hydrogen-bond acceptors (Lipinski definition) is 3. The Bertz CT molecular complexity index is 916. The monoisotopic (exact) mass is 307 g/mol. The highest BCUT2D eigenvalue weighted by molar-refractivity contribution is 6.04. The van der Waals surface area contributed by atoms with Crippen LogP contribution in [-0.4, -0.2) is 23.2 Å². The Hall–Kier alpha value is -2.88. The smallest absolute Gasteiger partial charge is 0.336 e. The predicted molar refractivity (Wildman–Crippen MR) is 90.2 cm³/mol. The SMILES string of the molecule is COc1ccc(-c2cc(C(=O)O)c3cccc(C)c3n2)cc1C. The Balaban J connectivity index is 2.28. The number of carboxylic acids is 1. The first-order valence-corrected chi connectivity index (χ1v) is 7.30. The van der Waals surface area contributed by atoms with Gasteiger partial charge in [-0.3, -0.25) is 0 Å². The first kappa shape index (κ1) is 15.0. The fraction of sp³-hybridized carbons (Fsp3) is 0.158. The minimum absolute atomic E-state index is 0.266. The number of aryl methyl sites for hydroxylation is 2. The van der Waals surface area contributed by atoms with E-state index in [1.165, 1.54) is 0 Å². The Kier molecular flexibility index (Phi) is 3.74. The van der Waals surface area contributed by atoms with Crippen LogP contribution >= 0.6 is 0 Å². The fourth-order valence-corrected chi connectivity index (χ4v) is 2.75. The average Bonchev–Trinajstić information content (AvgIpc) is 2.54. The number of hydrogen-bond donors (Lipinski definition) is 1. The van der Waals surface area contributed by atoms with Gasteiger partial charge in [-0.1, -0.05) is 18.2 Å². The van der Waals surface area contributed by atoms with Crippen LogP contribution < -0.4 is 4.74 Å². The number of pyridine rings is 1. The minimum atomic E-state index is -0.950. The quantitative estimate of drug-likeness (QED) is 0.787. The van der Waals surface area contributed by atoms with E-state index in [0.717, 1.165) is 28.0 Å². The van der Waals surface area contributed by atoms with Crippen molar-refractivity contribution in [2.24, 2.45) is 0 Å². The van der Waals surface area contributed by atoms with Crippen LogP contribution in [0.2, 0.25) is 0 Å². The van der Waals surface area contributed by atoms with Crippen molar-refractivity contribution in [2.75, 3.05) is 7.11 Å². The van der Waals surface area contributed by atoms with Gasteiger partial charge in [0.05, 0.1) is 23.9 Å². The lowest BCUT2D eigenvalue weighted by atomic mass is 10.0. The summed E-state index contributed by atoms with van der Waals surface area (Å²) >= 11 is 0. The van der Waals surface area contributed by atoms with E-state index in [0.29, 0.717) is 11.1 Å². The van der Waals surface area contributed by atoms with E-state index in [9.17, 15) is 9.90 Å². The molecule has 4 heteroatoms. The van der Waals surface area contributed by atoms with Gasteiger partial charge >= 0.3 is 5.97 Å². The van der Waals surface area contributed by atoms with Gasteiger partial charge in [-0.05, 0) is 49.2 Å².